The van der Waals surface area contributed by atoms with Crippen LogP contribution < -0.4 is 0 Å². The van der Waals surface area contributed by atoms with Gasteiger partial charge in [0.2, 0.25) is 0 Å². The van der Waals surface area contributed by atoms with Crippen LogP contribution in [0, 0.1) is 28.6 Å². The van der Waals surface area contributed by atoms with E-state index in [2.05, 4.69) is 24.9 Å². The molecule has 0 saturated heterocycles. The van der Waals surface area contributed by atoms with Gasteiger partial charge in [-0.05, 0) is 17.5 Å². The molecule has 0 spiro atoms. The van der Waals surface area contributed by atoms with Crippen LogP contribution in [0.3, 0.4) is 0 Å². The molecule has 2 atom stereocenters. The van der Waals surface area contributed by atoms with E-state index in [1.807, 2.05) is 12.1 Å². The Balaban J connectivity index is 2.95. The number of rotatable bonds is 6. The molecule has 0 bridgehead atoms. The second kappa shape index (κ2) is 7.45. The van der Waals surface area contributed by atoms with Crippen molar-refractivity contribution in [2.45, 2.75) is 45.4 Å². The van der Waals surface area contributed by atoms with Crippen molar-refractivity contribution in [1.82, 2.24) is 4.98 Å². The van der Waals surface area contributed by atoms with Gasteiger partial charge in [-0.15, -0.1) is 0 Å². The smallest absolute Gasteiger partial charge is 0.140 e. The lowest BCUT2D eigenvalue weighted by atomic mass is 9.80. The molecule has 1 aromatic rings. The molecule has 0 aliphatic carbocycles. The molecule has 1 aromatic heterocycles. The fraction of sp³-hybridized carbons (Fsp3) is 0.533. The zero-order chi connectivity index (χ0) is 13.4. The molecule has 2 unspecified atom stereocenters. The molecule has 0 saturated carbocycles. The summed E-state index contributed by atoms with van der Waals surface area (Å²) in [4.78, 5) is 4.11. The van der Waals surface area contributed by atoms with Gasteiger partial charge < -0.3 is 0 Å². The molecule has 0 aliphatic rings. The molecule has 0 aliphatic heterocycles. The van der Waals surface area contributed by atoms with E-state index in [1.165, 1.54) is 0 Å². The average Bonchev–Trinajstić information content (AvgIpc) is 2.43. The third-order valence-corrected chi connectivity index (χ3v) is 3.39. The fourth-order valence-corrected chi connectivity index (χ4v) is 2.41. The predicted molar refractivity (Wildman–Crippen MR) is 70.6 cm³/mol. The summed E-state index contributed by atoms with van der Waals surface area (Å²) in [5, 5.41) is 17.7. The van der Waals surface area contributed by atoms with E-state index in [1.54, 1.807) is 12.3 Å². The Morgan fingerprint density at radius 1 is 1.28 bits per heavy atom. The summed E-state index contributed by atoms with van der Waals surface area (Å²) in [5.41, 5.74) is 1.51. The molecule has 0 radical (unpaired) electrons. The minimum Gasteiger partial charge on any atom is -0.245 e. The van der Waals surface area contributed by atoms with Gasteiger partial charge in [0, 0.05) is 18.5 Å². The Hall–Kier alpha value is -1.87. The zero-order valence-corrected chi connectivity index (χ0v) is 11.1. The molecule has 18 heavy (non-hydrogen) atoms. The van der Waals surface area contributed by atoms with Crippen LogP contribution in [0.1, 0.15) is 56.7 Å². The first-order valence-corrected chi connectivity index (χ1v) is 6.49. The third kappa shape index (κ3) is 3.57. The summed E-state index contributed by atoms with van der Waals surface area (Å²) in [5.74, 6) is 0.754. The molecule has 3 nitrogen and oxygen atoms in total. The Kier molecular flexibility index (Phi) is 5.88. The van der Waals surface area contributed by atoms with Gasteiger partial charge in [0.15, 0.2) is 0 Å². The first-order valence-electron chi connectivity index (χ1n) is 6.49. The largest absolute Gasteiger partial charge is 0.245 e. The van der Waals surface area contributed by atoms with Crippen molar-refractivity contribution in [3.63, 3.8) is 0 Å². The van der Waals surface area contributed by atoms with Crippen LogP contribution in [0.15, 0.2) is 18.3 Å². The first-order chi connectivity index (χ1) is 8.76. The maximum absolute atomic E-state index is 8.99. The summed E-state index contributed by atoms with van der Waals surface area (Å²) >= 11 is 0. The molecular weight excluding hydrogens is 222 g/mol. The normalized spacial score (nSPS) is 13.3. The highest BCUT2D eigenvalue weighted by Crippen LogP contribution is 2.32. The van der Waals surface area contributed by atoms with Crippen molar-refractivity contribution < 1.29 is 0 Å². The van der Waals surface area contributed by atoms with Crippen LogP contribution >= 0.6 is 0 Å². The SMILES string of the molecule is CCCC(CC)C(CC#N)c1ccc(C#N)nc1. The lowest BCUT2D eigenvalue weighted by molar-refractivity contribution is 0.381. The maximum atomic E-state index is 8.99. The molecule has 0 fully saturated rings. The summed E-state index contributed by atoms with van der Waals surface area (Å²) in [7, 11) is 0. The summed E-state index contributed by atoms with van der Waals surface area (Å²) in [6.07, 6.45) is 5.60. The maximum Gasteiger partial charge on any atom is 0.140 e. The van der Waals surface area contributed by atoms with E-state index < -0.39 is 0 Å². The quantitative estimate of drug-likeness (QED) is 0.761. The Bertz CT molecular complexity index is 436. The van der Waals surface area contributed by atoms with Crippen molar-refractivity contribution >= 4 is 0 Å². The summed E-state index contributed by atoms with van der Waals surface area (Å²) in [6, 6.07) is 7.96. The van der Waals surface area contributed by atoms with Gasteiger partial charge >= 0.3 is 0 Å². The van der Waals surface area contributed by atoms with Crippen molar-refractivity contribution in [2.75, 3.05) is 0 Å². The third-order valence-electron chi connectivity index (χ3n) is 3.39. The zero-order valence-electron chi connectivity index (χ0n) is 11.1. The molecular formula is C15H19N3. The standard InChI is InChI=1S/C15H19N3/c1-3-5-12(4-2)15(8-9-16)13-6-7-14(10-17)18-11-13/h6-7,11-12,15H,3-5,8H2,1-2H3. The summed E-state index contributed by atoms with van der Waals surface area (Å²) < 4.78 is 0. The summed E-state index contributed by atoms with van der Waals surface area (Å²) in [6.45, 7) is 4.34. The highest BCUT2D eigenvalue weighted by Gasteiger charge is 2.21. The van der Waals surface area contributed by atoms with Gasteiger partial charge in [-0.2, -0.15) is 10.5 Å². The van der Waals surface area contributed by atoms with Crippen LogP contribution in [-0.4, -0.2) is 4.98 Å². The van der Waals surface area contributed by atoms with E-state index in [0.29, 0.717) is 18.0 Å². The number of hydrogen-bond acceptors (Lipinski definition) is 3. The Morgan fingerprint density at radius 2 is 2.06 bits per heavy atom. The van der Waals surface area contributed by atoms with E-state index in [4.69, 9.17) is 10.5 Å². The van der Waals surface area contributed by atoms with Gasteiger partial charge in [-0.1, -0.05) is 39.2 Å². The van der Waals surface area contributed by atoms with Gasteiger partial charge in [-0.25, -0.2) is 4.98 Å². The molecule has 3 heteroatoms. The van der Waals surface area contributed by atoms with Crippen molar-refractivity contribution in [3.05, 3.63) is 29.6 Å². The monoisotopic (exact) mass is 241 g/mol. The van der Waals surface area contributed by atoms with Gasteiger partial charge in [0.1, 0.15) is 11.8 Å². The van der Waals surface area contributed by atoms with Crippen molar-refractivity contribution in [2.24, 2.45) is 5.92 Å². The lowest BCUT2D eigenvalue weighted by Gasteiger charge is -2.24. The molecule has 1 rings (SSSR count). The van der Waals surface area contributed by atoms with E-state index in [9.17, 15) is 0 Å². The highest BCUT2D eigenvalue weighted by molar-refractivity contribution is 5.26. The number of nitriles is 2. The van der Waals surface area contributed by atoms with E-state index in [0.717, 1.165) is 24.8 Å². The topological polar surface area (TPSA) is 60.5 Å². The van der Waals surface area contributed by atoms with Crippen molar-refractivity contribution in [1.29, 1.82) is 10.5 Å². The van der Waals surface area contributed by atoms with Crippen LogP contribution in [0.2, 0.25) is 0 Å². The lowest BCUT2D eigenvalue weighted by Crippen LogP contribution is -2.12. The fourth-order valence-electron chi connectivity index (χ4n) is 2.41. The predicted octanol–water partition coefficient (Wildman–Crippen LogP) is 3.78. The minimum atomic E-state index is 0.236. The van der Waals surface area contributed by atoms with Crippen molar-refractivity contribution in [3.8, 4) is 12.1 Å². The van der Waals surface area contributed by atoms with Gasteiger partial charge in [-0.3, -0.25) is 0 Å². The van der Waals surface area contributed by atoms with Gasteiger partial charge in [0.25, 0.3) is 0 Å². The molecule has 0 aromatic carbocycles. The highest BCUT2D eigenvalue weighted by atomic mass is 14.7. The van der Waals surface area contributed by atoms with Crippen LogP contribution in [-0.2, 0) is 0 Å². The number of pyridine rings is 1. The Morgan fingerprint density at radius 3 is 2.50 bits per heavy atom. The molecule has 0 N–H and O–H groups in total. The van der Waals surface area contributed by atoms with Gasteiger partial charge in [0.05, 0.1) is 6.07 Å². The van der Waals surface area contributed by atoms with E-state index >= 15 is 0 Å². The van der Waals surface area contributed by atoms with Crippen LogP contribution in [0.5, 0.6) is 0 Å². The molecule has 94 valence electrons. The minimum absolute atomic E-state index is 0.236. The number of hydrogen-bond donors (Lipinski definition) is 0. The number of nitrogens with zero attached hydrogens (tertiary/aromatic N) is 3. The second-order valence-electron chi connectivity index (χ2n) is 4.51. The van der Waals surface area contributed by atoms with Crippen LogP contribution in [0.4, 0.5) is 0 Å². The Labute approximate surface area is 109 Å². The van der Waals surface area contributed by atoms with Crippen LogP contribution in [0.25, 0.3) is 0 Å². The molecule has 0 amide bonds. The average molecular weight is 241 g/mol. The molecule has 1 heterocycles. The second-order valence-corrected chi connectivity index (χ2v) is 4.51. The first kappa shape index (κ1) is 14.2. The number of aromatic nitrogens is 1. The van der Waals surface area contributed by atoms with E-state index in [-0.39, 0.29) is 5.92 Å².